The van der Waals surface area contributed by atoms with Crippen LogP contribution in [0.5, 0.6) is 0 Å². The van der Waals surface area contributed by atoms with Crippen LogP contribution in [0.3, 0.4) is 0 Å². The fourth-order valence-electron chi connectivity index (χ4n) is 0.845. The Balaban J connectivity index is 2.81. The molecule has 0 unspecified atom stereocenters. The summed E-state index contributed by atoms with van der Waals surface area (Å²) in [6, 6.07) is 1.71. The zero-order chi connectivity index (χ0) is 12.3. The van der Waals surface area contributed by atoms with Crippen LogP contribution in [0.25, 0.3) is 0 Å². The summed E-state index contributed by atoms with van der Waals surface area (Å²) in [5, 5.41) is 0.637. The van der Waals surface area contributed by atoms with E-state index in [9.17, 15) is 4.55 Å². The summed E-state index contributed by atoms with van der Waals surface area (Å²) >= 11 is 4.68. The maximum Gasteiger partial charge on any atom is 0.144 e. The second-order valence-corrected chi connectivity index (χ2v) is 6.80. The van der Waals surface area contributed by atoms with Crippen molar-refractivity contribution in [3.05, 3.63) is 28.5 Å². The molecule has 0 aliphatic carbocycles. The third kappa shape index (κ3) is 3.77. The Morgan fingerprint density at radius 2 is 2.12 bits per heavy atom. The highest BCUT2D eigenvalue weighted by Gasteiger charge is 2.25. The van der Waals surface area contributed by atoms with Crippen LogP contribution in [0, 0.1) is 6.92 Å². The van der Waals surface area contributed by atoms with Crippen molar-refractivity contribution in [3.63, 3.8) is 0 Å². The number of pyridine rings is 1. The molecule has 0 fully saturated rings. The molecule has 0 bridgehead atoms. The zero-order valence-corrected chi connectivity index (χ0v) is 11.4. The van der Waals surface area contributed by atoms with Gasteiger partial charge < -0.3 is 4.55 Å². The second kappa shape index (κ2) is 5.17. The molecule has 1 heterocycles. The van der Waals surface area contributed by atoms with Crippen molar-refractivity contribution in [2.45, 2.75) is 32.4 Å². The first-order chi connectivity index (χ1) is 7.30. The highest BCUT2D eigenvalue weighted by Crippen LogP contribution is 2.17. The fourth-order valence-corrected chi connectivity index (χ4v) is 1.53. The van der Waals surface area contributed by atoms with Gasteiger partial charge in [0.2, 0.25) is 0 Å². The first kappa shape index (κ1) is 13.5. The number of aromatic nitrogens is 1. The van der Waals surface area contributed by atoms with Gasteiger partial charge >= 0.3 is 0 Å². The van der Waals surface area contributed by atoms with E-state index >= 15 is 0 Å². The number of hydrogen-bond donors (Lipinski definition) is 0. The van der Waals surface area contributed by atoms with Crippen molar-refractivity contribution in [1.82, 2.24) is 4.98 Å². The average Bonchev–Trinajstić information content (AvgIpc) is 2.18. The molecule has 0 aromatic carbocycles. The maximum atomic E-state index is 11.6. The summed E-state index contributed by atoms with van der Waals surface area (Å²) < 4.78 is 15.2. The lowest BCUT2D eigenvalue weighted by atomic mass is 10.3. The molecule has 0 aliphatic rings. The molecular formula is C11H15ClN2OS. The molecule has 1 aromatic rings. The van der Waals surface area contributed by atoms with E-state index < -0.39 is 11.4 Å². The summed E-state index contributed by atoms with van der Waals surface area (Å²) in [5.74, 6) is 0. The van der Waals surface area contributed by atoms with Crippen LogP contribution in [-0.4, -0.2) is 20.5 Å². The molecule has 0 amide bonds. The molecule has 5 heteroatoms. The van der Waals surface area contributed by atoms with Crippen molar-refractivity contribution in [1.29, 1.82) is 0 Å². The Morgan fingerprint density at radius 3 is 2.62 bits per heavy atom. The number of hydrogen-bond acceptors (Lipinski definition) is 3. The first-order valence-corrected chi connectivity index (χ1v) is 6.37. The third-order valence-corrected chi connectivity index (χ3v) is 3.61. The van der Waals surface area contributed by atoms with E-state index in [2.05, 4.69) is 9.38 Å². The molecule has 1 aromatic heterocycles. The van der Waals surface area contributed by atoms with Gasteiger partial charge in [-0.1, -0.05) is 16.0 Å². The zero-order valence-electron chi connectivity index (χ0n) is 9.82. The highest BCUT2D eigenvalue weighted by molar-refractivity contribution is 7.91. The predicted molar refractivity (Wildman–Crippen MR) is 69.5 cm³/mol. The van der Waals surface area contributed by atoms with Gasteiger partial charge in [-0.05, 0) is 39.3 Å². The van der Waals surface area contributed by atoms with Gasteiger partial charge in [-0.15, -0.1) is 0 Å². The third-order valence-electron chi connectivity index (χ3n) is 1.86. The van der Waals surface area contributed by atoms with Crippen LogP contribution in [0.4, 0.5) is 0 Å². The Labute approximate surface area is 104 Å². The quantitative estimate of drug-likeness (QED) is 0.605. The molecule has 0 N–H and O–H groups in total. The van der Waals surface area contributed by atoms with Gasteiger partial charge in [0.25, 0.3) is 0 Å². The normalized spacial score (nSPS) is 14.4. The molecule has 3 nitrogen and oxygen atoms in total. The lowest BCUT2D eigenvalue weighted by Gasteiger charge is -2.17. The topological polar surface area (TPSA) is 48.3 Å². The van der Waals surface area contributed by atoms with Gasteiger partial charge in [-0.3, -0.25) is 4.98 Å². The Kier molecular flexibility index (Phi) is 4.35. The minimum atomic E-state index is -1.26. The molecule has 0 aliphatic heterocycles. The van der Waals surface area contributed by atoms with E-state index in [0.29, 0.717) is 10.7 Å². The van der Waals surface area contributed by atoms with Crippen LogP contribution in [0.1, 0.15) is 32.0 Å². The lowest BCUT2D eigenvalue weighted by Crippen LogP contribution is -2.25. The molecule has 0 radical (unpaired) electrons. The minimum absolute atomic E-state index is 0.356. The number of halogens is 1. The SMILES string of the molecule is Cc1cnc(/C=N/[S@+]([O-])C(C)(C)C)cc1Cl. The molecule has 16 heavy (non-hydrogen) atoms. The molecular weight excluding hydrogens is 244 g/mol. The average molecular weight is 259 g/mol. The summed E-state index contributed by atoms with van der Waals surface area (Å²) in [5.41, 5.74) is 1.53. The smallest absolute Gasteiger partial charge is 0.144 e. The predicted octanol–water partition coefficient (Wildman–Crippen LogP) is 2.92. The summed E-state index contributed by atoms with van der Waals surface area (Å²) in [4.78, 5) is 4.12. The number of nitrogens with zero attached hydrogens (tertiary/aromatic N) is 2. The van der Waals surface area contributed by atoms with Gasteiger partial charge in [0.15, 0.2) is 0 Å². The monoisotopic (exact) mass is 258 g/mol. The highest BCUT2D eigenvalue weighted by atomic mass is 35.5. The Morgan fingerprint density at radius 1 is 1.50 bits per heavy atom. The van der Waals surface area contributed by atoms with E-state index in [1.165, 1.54) is 6.21 Å². The molecule has 88 valence electrons. The van der Waals surface area contributed by atoms with Crippen molar-refractivity contribution in [2.75, 3.05) is 0 Å². The molecule has 1 atom stereocenters. The first-order valence-electron chi connectivity index (χ1n) is 4.89. The van der Waals surface area contributed by atoms with Crippen molar-refractivity contribution in [2.24, 2.45) is 4.40 Å². The molecule has 1 rings (SSSR count). The summed E-state index contributed by atoms with van der Waals surface area (Å²) in [7, 11) is 0. The molecule has 0 spiro atoms. The van der Waals surface area contributed by atoms with Gasteiger partial charge in [0.1, 0.15) is 22.3 Å². The van der Waals surface area contributed by atoms with Crippen LogP contribution in [0.2, 0.25) is 5.02 Å². The lowest BCUT2D eigenvalue weighted by molar-refractivity contribution is 0.562. The summed E-state index contributed by atoms with van der Waals surface area (Å²) in [6.07, 6.45) is 3.16. The van der Waals surface area contributed by atoms with E-state index in [1.54, 1.807) is 12.3 Å². The van der Waals surface area contributed by atoms with E-state index in [1.807, 2.05) is 27.7 Å². The van der Waals surface area contributed by atoms with E-state index in [0.717, 1.165) is 5.56 Å². The van der Waals surface area contributed by atoms with Crippen molar-refractivity contribution >= 4 is 29.2 Å². The van der Waals surface area contributed by atoms with Crippen LogP contribution in [-0.2, 0) is 11.4 Å². The minimum Gasteiger partial charge on any atom is -0.591 e. The van der Waals surface area contributed by atoms with Crippen molar-refractivity contribution in [3.8, 4) is 0 Å². The van der Waals surface area contributed by atoms with Gasteiger partial charge in [0.05, 0.1) is 5.69 Å². The van der Waals surface area contributed by atoms with Gasteiger partial charge in [0, 0.05) is 11.2 Å². The summed E-state index contributed by atoms with van der Waals surface area (Å²) in [6.45, 7) is 7.49. The number of rotatable bonds is 2. The largest absolute Gasteiger partial charge is 0.591 e. The fraction of sp³-hybridized carbons (Fsp3) is 0.455. The van der Waals surface area contributed by atoms with E-state index in [4.69, 9.17) is 11.6 Å². The standard InChI is InChI=1S/C11H15ClN2OS/c1-8-6-13-9(5-10(8)12)7-14-16(15)11(2,3)4/h5-7H,1-4H3/b14-7+/t16-/m1/s1. The second-order valence-electron chi connectivity index (χ2n) is 4.45. The van der Waals surface area contributed by atoms with E-state index in [-0.39, 0.29) is 4.75 Å². The van der Waals surface area contributed by atoms with Crippen molar-refractivity contribution < 1.29 is 4.55 Å². The van der Waals surface area contributed by atoms with Gasteiger partial charge in [-0.25, -0.2) is 0 Å². The van der Waals surface area contributed by atoms with Crippen LogP contribution in [0.15, 0.2) is 16.7 Å². The van der Waals surface area contributed by atoms with Crippen LogP contribution < -0.4 is 0 Å². The molecule has 0 saturated heterocycles. The molecule has 0 saturated carbocycles. The van der Waals surface area contributed by atoms with Crippen LogP contribution >= 0.6 is 11.6 Å². The Bertz CT molecular complexity index is 401. The van der Waals surface area contributed by atoms with Gasteiger partial charge in [-0.2, -0.15) is 0 Å². The number of aryl methyl sites for hydroxylation is 1. The maximum absolute atomic E-state index is 11.6. The Hall–Kier alpha value is -0.580.